The Labute approximate surface area is 167 Å². The predicted molar refractivity (Wildman–Crippen MR) is 115 cm³/mol. The largest absolute Gasteiger partial charge is 0.342 e. The van der Waals surface area contributed by atoms with Crippen molar-refractivity contribution < 1.29 is 4.79 Å². The number of para-hydroxylation sites is 4. The first kappa shape index (κ1) is 17.2. The van der Waals surface area contributed by atoms with E-state index in [1.165, 1.54) is 0 Å². The molecule has 2 aromatic heterocycles. The van der Waals surface area contributed by atoms with Crippen molar-refractivity contribution in [2.24, 2.45) is 0 Å². The summed E-state index contributed by atoms with van der Waals surface area (Å²) in [6, 6.07) is 23.5. The Morgan fingerprint density at radius 2 is 1.45 bits per heavy atom. The Morgan fingerprint density at radius 3 is 2.14 bits per heavy atom. The van der Waals surface area contributed by atoms with Crippen LogP contribution in [0.15, 0.2) is 72.8 Å². The van der Waals surface area contributed by atoms with Crippen LogP contribution < -0.4 is 5.32 Å². The van der Waals surface area contributed by atoms with E-state index in [-0.39, 0.29) is 5.91 Å². The zero-order valence-corrected chi connectivity index (χ0v) is 15.6. The lowest BCUT2D eigenvalue weighted by atomic mass is 10.2. The average molecular weight is 381 g/mol. The number of fused-ring (bicyclic) bond motifs is 2. The van der Waals surface area contributed by atoms with Gasteiger partial charge in [0.1, 0.15) is 11.6 Å². The smallest absolute Gasteiger partial charge is 0.224 e. The molecule has 29 heavy (non-hydrogen) atoms. The number of aromatic amines is 2. The number of benzene rings is 3. The highest BCUT2D eigenvalue weighted by Crippen LogP contribution is 2.22. The van der Waals surface area contributed by atoms with Crippen molar-refractivity contribution in [1.82, 2.24) is 19.9 Å². The van der Waals surface area contributed by atoms with Crippen LogP contribution in [0.25, 0.3) is 33.5 Å². The van der Waals surface area contributed by atoms with Gasteiger partial charge >= 0.3 is 0 Å². The predicted octanol–water partition coefficient (Wildman–Crippen LogP) is 4.68. The van der Waals surface area contributed by atoms with E-state index in [9.17, 15) is 4.79 Å². The third kappa shape index (κ3) is 3.60. The summed E-state index contributed by atoms with van der Waals surface area (Å²) in [4.78, 5) is 28.0. The van der Waals surface area contributed by atoms with Gasteiger partial charge in [0.05, 0.1) is 22.1 Å². The maximum atomic E-state index is 12.3. The second-order valence-corrected chi connectivity index (χ2v) is 6.93. The second kappa shape index (κ2) is 7.24. The lowest BCUT2D eigenvalue weighted by molar-refractivity contribution is -0.116. The van der Waals surface area contributed by atoms with Crippen LogP contribution in [0, 0.1) is 0 Å². The number of aryl methyl sites for hydroxylation is 1. The summed E-state index contributed by atoms with van der Waals surface area (Å²) in [6.45, 7) is 0. The molecule has 0 fully saturated rings. The number of carbonyl (C=O) groups excluding carboxylic acids is 1. The molecule has 0 radical (unpaired) electrons. The summed E-state index contributed by atoms with van der Waals surface area (Å²) in [5.74, 6) is 1.59. The van der Waals surface area contributed by atoms with E-state index in [2.05, 4.69) is 25.3 Å². The first-order chi connectivity index (χ1) is 14.2. The molecule has 0 unspecified atom stereocenters. The first-order valence-electron chi connectivity index (χ1n) is 9.53. The Hall–Kier alpha value is -3.93. The minimum atomic E-state index is -0.0399. The van der Waals surface area contributed by atoms with Crippen LogP contribution in [-0.4, -0.2) is 25.8 Å². The van der Waals surface area contributed by atoms with E-state index in [1.54, 1.807) is 0 Å². The third-order valence-electron chi connectivity index (χ3n) is 4.86. The second-order valence-electron chi connectivity index (χ2n) is 6.93. The molecule has 6 heteroatoms. The molecule has 0 saturated heterocycles. The van der Waals surface area contributed by atoms with Crippen LogP contribution in [0.2, 0.25) is 0 Å². The molecule has 1 amide bonds. The molecule has 0 aliphatic rings. The molecule has 142 valence electrons. The van der Waals surface area contributed by atoms with Gasteiger partial charge in [0.2, 0.25) is 5.91 Å². The van der Waals surface area contributed by atoms with Crippen LogP contribution in [0.4, 0.5) is 5.69 Å². The molecule has 5 rings (SSSR count). The molecule has 5 aromatic rings. The topological polar surface area (TPSA) is 86.5 Å². The summed E-state index contributed by atoms with van der Waals surface area (Å²) in [7, 11) is 0. The van der Waals surface area contributed by atoms with Crippen molar-refractivity contribution in [2.75, 3.05) is 5.32 Å². The van der Waals surface area contributed by atoms with Gasteiger partial charge in [-0.25, -0.2) is 9.97 Å². The van der Waals surface area contributed by atoms with E-state index in [0.29, 0.717) is 12.8 Å². The fourth-order valence-electron chi connectivity index (χ4n) is 3.38. The molecule has 2 heterocycles. The Morgan fingerprint density at radius 1 is 0.793 bits per heavy atom. The normalized spacial score (nSPS) is 11.2. The molecule has 0 saturated carbocycles. The number of aromatic nitrogens is 4. The monoisotopic (exact) mass is 381 g/mol. The number of nitrogens with zero attached hydrogens (tertiary/aromatic N) is 2. The molecular weight excluding hydrogens is 362 g/mol. The number of nitrogens with one attached hydrogen (secondary N) is 3. The summed E-state index contributed by atoms with van der Waals surface area (Å²) in [6.07, 6.45) is 0.933. The van der Waals surface area contributed by atoms with Gasteiger partial charge < -0.3 is 15.3 Å². The number of imidazole rings is 2. The van der Waals surface area contributed by atoms with Crippen molar-refractivity contribution >= 4 is 33.7 Å². The molecule has 3 N–H and O–H groups in total. The van der Waals surface area contributed by atoms with Gasteiger partial charge in [-0.05, 0) is 48.5 Å². The van der Waals surface area contributed by atoms with Crippen molar-refractivity contribution in [3.05, 3.63) is 78.6 Å². The van der Waals surface area contributed by atoms with Crippen molar-refractivity contribution in [3.63, 3.8) is 0 Å². The summed E-state index contributed by atoms with van der Waals surface area (Å²) >= 11 is 0. The van der Waals surface area contributed by atoms with E-state index in [1.807, 2.05) is 72.8 Å². The first-order valence-corrected chi connectivity index (χ1v) is 9.53. The number of amides is 1. The molecule has 0 spiro atoms. The maximum absolute atomic E-state index is 12.3. The number of hydrogen-bond donors (Lipinski definition) is 3. The molecule has 6 nitrogen and oxygen atoms in total. The Kier molecular flexibility index (Phi) is 4.29. The van der Waals surface area contributed by atoms with E-state index >= 15 is 0 Å². The van der Waals surface area contributed by atoms with Crippen LogP contribution >= 0.6 is 0 Å². The Balaban J connectivity index is 1.22. The lowest BCUT2D eigenvalue weighted by Crippen LogP contribution is -2.12. The van der Waals surface area contributed by atoms with E-state index in [0.717, 1.165) is 45.0 Å². The summed E-state index contributed by atoms with van der Waals surface area (Å²) < 4.78 is 0. The van der Waals surface area contributed by atoms with Gasteiger partial charge in [0.25, 0.3) is 0 Å². The highest BCUT2D eigenvalue weighted by Gasteiger charge is 2.08. The molecule has 0 aliphatic heterocycles. The number of H-pyrrole nitrogens is 2. The molecule has 3 aromatic carbocycles. The van der Waals surface area contributed by atoms with E-state index in [4.69, 9.17) is 0 Å². The molecule has 0 aliphatic carbocycles. The van der Waals surface area contributed by atoms with Gasteiger partial charge in [0.15, 0.2) is 0 Å². The highest BCUT2D eigenvalue weighted by molar-refractivity contribution is 5.91. The quantitative estimate of drug-likeness (QED) is 0.413. The fraction of sp³-hybridized carbons (Fsp3) is 0.0870. The number of anilines is 1. The molecular formula is C23H19N5O. The number of rotatable bonds is 5. The standard InChI is InChI=1S/C23H19N5O/c29-22(14-13-21-25-17-5-1-2-6-18(17)26-21)24-16-11-9-15(10-12-16)23-27-19-7-3-4-8-20(19)28-23/h1-12H,13-14H2,(H,24,29)(H,25,26)(H,27,28). The minimum absolute atomic E-state index is 0.0399. The van der Waals surface area contributed by atoms with Crippen molar-refractivity contribution in [1.29, 1.82) is 0 Å². The molecule has 0 bridgehead atoms. The third-order valence-corrected chi connectivity index (χ3v) is 4.86. The van der Waals surface area contributed by atoms with Crippen molar-refractivity contribution in [3.8, 4) is 11.4 Å². The zero-order valence-electron chi connectivity index (χ0n) is 15.6. The Bertz CT molecular complexity index is 1230. The SMILES string of the molecule is O=C(CCc1nc2ccccc2[nH]1)Nc1ccc(-c2nc3ccccc3[nH]2)cc1. The fourth-order valence-corrected chi connectivity index (χ4v) is 3.38. The van der Waals surface area contributed by atoms with Gasteiger partial charge in [-0.15, -0.1) is 0 Å². The van der Waals surface area contributed by atoms with Gasteiger partial charge in [0, 0.05) is 24.1 Å². The maximum Gasteiger partial charge on any atom is 0.224 e. The van der Waals surface area contributed by atoms with Crippen LogP contribution in [0.5, 0.6) is 0 Å². The molecule has 0 atom stereocenters. The highest BCUT2D eigenvalue weighted by atomic mass is 16.1. The zero-order chi connectivity index (χ0) is 19.6. The lowest BCUT2D eigenvalue weighted by Gasteiger charge is -2.05. The number of carbonyl (C=O) groups is 1. The average Bonchev–Trinajstić information content (AvgIpc) is 3.36. The minimum Gasteiger partial charge on any atom is -0.342 e. The van der Waals surface area contributed by atoms with Gasteiger partial charge in [-0.1, -0.05) is 24.3 Å². The van der Waals surface area contributed by atoms with Gasteiger partial charge in [-0.3, -0.25) is 4.79 Å². The van der Waals surface area contributed by atoms with Crippen LogP contribution in [-0.2, 0) is 11.2 Å². The van der Waals surface area contributed by atoms with Crippen molar-refractivity contribution in [2.45, 2.75) is 12.8 Å². The van der Waals surface area contributed by atoms with E-state index < -0.39 is 0 Å². The summed E-state index contributed by atoms with van der Waals surface area (Å²) in [5.41, 5.74) is 5.59. The van der Waals surface area contributed by atoms with Crippen LogP contribution in [0.3, 0.4) is 0 Å². The van der Waals surface area contributed by atoms with Gasteiger partial charge in [-0.2, -0.15) is 0 Å². The number of hydrogen-bond acceptors (Lipinski definition) is 3. The summed E-state index contributed by atoms with van der Waals surface area (Å²) in [5, 5.41) is 2.94. The van der Waals surface area contributed by atoms with Crippen LogP contribution in [0.1, 0.15) is 12.2 Å².